The number of halogens is 1. The maximum absolute atomic E-state index is 11.9. The molecule has 0 fully saturated rings. The monoisotopic (exact) mass is 348 g/mol. The predicted octanol–water partition coefficient (Wildman–Crippen LogP) is 2.40. The number of nitrogen functional groups attached to an aromatic ring is 1. The highest BCUT2D eigenvalue weighted by Gasteiger charge is 2.11. The molecule has 2 rings (SSSR count). The van der Waals surface area contributed by atoms with Crippen molar-refractivity contribution < 1.29 is 19.1 Å². The second kappa shape index (κ2) is 8.21. The molecule has 7 heteroatoms. The summed E-state index contributed by atoms with van der Waals surface area (Å²) in [7, 11) is 1.57. The summed E-state index contributed by atoms with van der Waals surface area (Å²) >= 11 is 5.78. The highest BCUT2D eigenvalue weighted by Crippen LogP contribution is 2.19. The topological polar surface area (TPSA) is 90.6 Å². The molecule has 126 valence electrons. The standard InChI is InChI=1S/C17H17ClN2O4/c1-23-13-4-2-3-11(7-13)9-20-16(21)10-24-17(22)12-5-6-14(18)15(19)8-12/h2-8H,9-10,19H2,1H3,(H,20,21). The van der Waals surface area contributed by atoms with Gasteiger partial charge in [0.15, 0.2) is 6.61 Å². The van der Waals surface area contributed by atoms with Crippen molar-refractivity contribution in [2.75, 3.05) is 19.5 Å². The number of ether oxygens (including phenoxy) is 2. The van der Waals surface area contributed by atoms with Crippen LogP contribution >= 0.6 is 11.6 Å². The van der Waals surface area contributed by atoms with Crippen molar-refractivity contribution in [1.29, 1.82) is 0 Å². The summed E-state index contributed by atoms with van der Waals surface area (Å²) in [5.41, 5.74) is 7.00. The van der Waals surface area contributed by atoms with Crippen molar-refractivity contribution in [3.05, 3.63) is 58.6 Å². The highest BCUT2D eigenvalue weighted by atomic mass is 35.5. The van der Waals surface area contributed by atoms with Gasteiger partial charge in [-0.1, -0.05) is 23.7 Å². The Morgan fingerprint density at radius 3 is 2.71 bits per heavy atom. The van der Waals surface area contributed by atoms with Gasteiger partial charge in [0.05, 0.1) is 23.4 Å². The number of carbonyl (C=O) groups excluding carboxylic acids is 2. The smallest absolute Gasteiger partial charge is 0.338 e. The van der Waals surface area contributed by atoms with E-state index in [-0.39, 0.29) is 17.9 Å². The second-order valence-corrected chi connectivity index (χ2v) is 5.35. The Labute approximate surface area is 144 Å². The minimum atomic E-state index is -0.644. The summed E-state index contributed by atoms with van der Waals surface area (Å²) in [5.74, 6) is -0.350. The van der Waals surface area contributed by atoms with E-state index in [9.17, 15) is 9.59 Å². The van der Waals surface area contributed by atoms with E-state index in [1.165, 1.54) is 18.2 Å². The molecule has 0 atom stereocenters. The number of carbonyl (C=O) groups is 2. The molecule has 0 saturated heterocycles. The lowest BCUT2D eigenvalue weighted by atomic mass is 10.2. The maximum Gasteiger partial charge on any atom is 0.338 e. The van der Waals surface area contributed by atoms with Crippen LogP contribution < -0.4 is 15.8 Å². The van der Waals surface area contributed by atoms with Crippen molar-refractivity contribution in [3.8, 4) is 5.75 Å². The van der Waals surface area contributed by atoms with Crippen LogP contribution in [0.25, 0.3) is 0 Å². The van der Waals surface area contributed by atoms with Gasteiger partial charge in [0.25, 0.3) is 5.91 Å². The van der Waals surface area contributed by atoms with Crippen LogP contribution in [0.2, 0.25) is 5.02 Å². The summed E-state index contributed by atoms with van der Waals surface area (Å²) in [5, 5.41) is 3.01. The normalized spacial score (nSPS) is 10.1. The lowest BCUT2D eigenvalue weighted by Gasteiger charge is -2.08. The fourth-order valence-electron chi connectivity index (χ4n) is 1.92. The number of nitrogens with one attached hydrogen (secondary N) is 1. The largest absolute Gasteiger partial charge is 0.497 e. The van der Waals surface area contributed by atoms with Crippen molar-refractivity contribution >= 4 is 29.2 Å². The molecule has 0 aliphatic carbocycles. The Balaban J connectivity index is 1.82. The molecule has 0 aromatic heterocycles. The SMILES string of the molecule is COc1cccc(CNC(=O)COC(=O)c2ccc(Cl)c(N)c2)c1. The van der Waals surface area contributed by atoms with E-state index in [1.807, 2.05) is 24.3 Å². The number of hydrogen-bond acceptors (Lipinski definition) is 5. The van der Waals surface area contributed by atoms with Gasteiger partial charge in [-0.25, -0.2) is 4.79 Å². The second-order valence-electron chi connectivity index (χ2n) is 4.94. The molecule has 0 aliphatic heterocycles. The molecule has 0 saturated carbocycles. The van der Waals surface area contributed by atoms with Crippen molar-refractivity contribution in [1.82, 2.24) is 5.32 Å². The predicted molar refractivity (Wildman–Crippen MR) is 91.0 cm³/mol. The first-order valence-electron chi connectivity index (χ1n) is 7.11. The van der Waals surface area contributed by atoms with E-state index in [2.05, 4.69) is 5.32 Å². The Hall–Kier alpha value is -2.73. The third-order valence-electron chi connectivity index (χ3n) is 3.19. The van der Waals surface area contributed by atoms with Crippen molar-refractivity contribution in [2.45, 2.75) is 6.54 Å². The third-order valence-corrected chi connectivity index (χ3v) is 3.53. The first kappa shape index (κ1) is 17.6. The van der Waals surface area contributed by atoms with Gasteiger partial charge in [0, 0.05) is 6.54 Å². The van der Waals surface area contributed by atoms with E-state index in [1.54, 1.807) is 7.11 Å². The number of methoxy groups -OCH3 is 1. The molecule has 2 aromatic carbocycles. The fourth-order valence-corrected chi connectivity index (χ4v) is 2.04. The molecule has 2 aromatic rings. The maximum atomic E-state index is 11.9. The van der Waals surface area contributed by atoms with Crippen LogP contribution in [-0.4, -0.2) is 25.6 Å². The Kier molecular flexibility index (Phi) is 6.03. The van der Waals surface area contributed by atoms with Gasteiger partial charge < -0.3 is 20.5 Å². The number of esters is 1. The van der Waals surface area contributed by atoms with Crippen molar-refractivity contribution in [2.24, 2.45) is 0 Å². The third kappa shape index (κ3) is 4.89. The summed E-state index contributed by atoms with van der Waals surface area (Å²) < 4.78 is 10.0. The number of anilines is 1. The van der Waals surface area contributed by atoms with Crippen LogP contribution in [0.5, 0.6) is 5.75 Å². The zero-order valence-electron chi connectivity index (χ0n) is 13.0. The van der Waals surface area contributed by atoms with Crippen LogP contribution in [-0.2, 0) is 16.1 Å². The summed E-state index contributed by atoms with van der Waals surface area (Å²) in [6.07, 6.45) is 0. The van der Waals surface area contributed by atoms with Gasteiger partial charge in [-0.3, -0.25) is 4.79 Å². The first-order valence-corrected chi connectivity index (χ1v) is 7.49. The number of hydrogen-bond donors (Lipinski definition) is 2. The Bertz CT molecular complexity index is 749. The van der Waals surface area contributed by atoms with E-state index >= 15 is 0 Å². The number of amides is 1. The summed E-state index contributed by atoms with van der Waals surface area (Å²) in [6, 6.07) is 11.7. The summed E-state index contributed by atoms with van der Waals surface area (Å²) in [6.45, 7) is -0.0766. The molecule has 1 amide bonds. The number of rotatable bonds is 6. The number of benzene rings is 2. The van der Waals surface area contributed by atoms with Gasteiger partial charge in [-0.2, -0.15) is 0 Å². The molecule has 3 N–H and O–H groups in total. The molecule has 24 heavy (non-hydrogen) atoms. The fraction of sp³-hybridized carbons (Fsp3) is 0.176. The van der Waals surface area contributed by atoms with Crippen LogP contribution in [0.1, 0.15) is 15.9 Å². The molecule has 0 spiro atoms. The van der Waals surface area contributed by atoms with Gasteiger partial charge >= 0.3 is 5.97 Å². The zero-order valence-corrected chi connectivity index (χ0v) is 13.8. The van der Waals surface area contributed by atoms with Crippen LogP contribution in [0.15, 0.2) is 42.5 Å². The van der Waals surface area contributed by atoms with E-state index in [4.69, 9.17) is 26.8 Å². The Morgan fingerprint density at radius 2 is 2.00 bits per heavy atom. The minimum Gasteiger partial charge on any atom is -0.497 e. The van der Waals surface area contributed by atoms with Gasteiger partial charge in [-0.15, -0.1) is 0 Å². The van der Waals surface area contributed by atoms with Crippen LogP contribution in [0.3, 0.4) is 0 Å². The van der Waals surface area contributed by atoms with Gasteiger partial charge in [-0.05, 0) is 35.9 Å². The zero-order chi connectivity index (χ0) is 17.5. The van der Waals surface area contributed by atoms with E-state index in [0.29, 0.717) is 17.3 Å². The highest BCUT2D eigenvalue weighted by molar-refractivity contribution is 6.33. The molecule has 0 bridgehead atoms. The first-order chi connectivity index (χ1) is 11.5. The van der Waals surface area contributed by atoms with Crippen LogP contribution in [0, 0.1) is 0 Å². The molecular formula is C17H17ClN2O4. The minimum absolute atomic E-state index is 0.234. The average molecular weight is 349 g/mol. The van der Waals surface area contributed by atoms with E-state index in [0.717, 1.165) is 5.56 Å². The summed E-state index contributed by atoms with van der Waals surface area (Å²) in [4.78, 5) is 23.6. The molecule has 0 heterocycles. The molecule has 0 radical (unpaired) electrons. The molecule has 6 nitrogen and oxygen atoms in total. The molecule has 0 aliphatic rings. The van der Waals surface area contributed by atoms with Crippen molar-refractivity contribution in [3.63, 3.8) is 0 Å². The molecular weight excluding hydrogens is 332 g/mol. The average Bonchev–Trinajstić information content (AvgIpc) is 2.60. The number of nitrogens with two attached hydrogens (primary N) is 1. The van der Waals surface area contributed by atoms with Gasteiger partial charge in [0.2, 0.25) is 0 Å². The van der Waals surface area contributed by atoms with Gasteiger partial charge in [0.1, 0.15) is 5.75 Å². The Morgan fingerprint density at radius 1 is 1.21 bits per heavy atom. The van der Waals surface area contributed by atoms with Crippen LogP contribution in [0.4, 0.5) is 5.69 Å². The lowest BCUT2D eigenvalue weighted by Crippen LogP contribution is -2.28. The quantitative estimate of drug-likeness (QED) is 0.618. The lowest BCUT2D eigenvalue weighted by molar-refractivity contribution is -0.124. The molecule has 0 unspecified atom stereocenters. The van der Waals surface area contributed by atoms with E-state index < -0.39 is 11.9 Å².